The Morgan fingerprint density at radius 2 is 1.81 bits per heavy atom. The second kappa shape index (κ2) is 5.81. The van der Waals surface area contributed by atoms with E-state index in [1.54, 1.807) is 13.8 Å². The normalized spacial score (nSPS) is 11.5. The molecule has 0 aliphatic carbocycles. The van der Waals surface area contributed by atoms with Gasteiger partial charge in [-0.2, -0.15) is 30.1 Å². The number of rotatable bonds is 3. The van der Waals surface area contributed by atoms with E-state index in [4.69, 9.17) is 0 Å². The summed E-state index contributed by atoms with van der Waals surface area (Å²) in [4.78, 5) is 15.0. The molecule has 0 unspecified atom stereocenters. The zero-order valence-electron chi connectivity index (χ0n) is 14.1. The number of nitrogens with one attached hydrogen (secondary N) is 1. The van der Waals surface area contributed by atoms with Crippen molar-refractivity contribution in [2.24, 2.45) is 10.2 Å². The molecule has 12 nitrogen and oxygen atoms in total. The van der Waals surface area contributed by atoms with E-state index in [0.29, 0.717) is 28.5 Å². The van der Waals surface area contributed by atoms with Crippen LogP contribution in [0.1, 0.15) is 22.8 Å². The van der Waals surface area contributed by atoms with E-state index < -0.39 is 0 Å². The van der Waals surface area contributed by atoms with Gasteiger partial charge in [0, 0.05) is 0 Å². The van der Waals surface area contributed by atoms with Gasteiger partial charge in [0.1, 0.15) is 30.1 Å². The number of H-pyrrole nitrogens is 1. The first-order chi connectivity index (χ1) is 12.6. The summed E-state index contributed by atoms with van der Waals surface area (Å²) in [6.45, 7) is 5.32. The number of nitriles is 1. The van der Waals surface area contributed by atoms with Crippen LogP contribution >= 0.6 is 0 Å². The first-order valence-electron chi connectivity index (χ1n) is 7.54. The van der Waals surface area contributed by atoms with Crippen molar-refractivity contribution in [1.82, 2.24) is 44.5 Å². The van der Waals surface area contributed by atoms with Crippen molar-refractivity contribution < 1.29 is 0 Å². The fourth-order valence-corrected chi connectivity index (χ4v) is 2.46. The molecule has 12 heteroatoms. The van der Waals surface area contributed by atoms with Crippen LogP contribution in [-0.4, -0.2) is 44.5 Å². The molecule has 26 heavy (non-hydrogen) atoms. The molecule has 128 valence electrons. The summed E-state index contributed by atoms with van der Waals surface area (Å²) in [6.07, 6.45) is 2.68. The molecule has 0 amide bonds. The van der Waals surface area contributed by atoms with E-state index in [1.807, 2.05) is 6.92 Å². The Kier molecular flexibility index (Phi) is 3.47. The molecule has 0 saturated heterocycles. The third-order valence-corrected chi connectivity index (χ3v) is 3.62. The Bertz CT molecular complexity index is 1170. The van der Waals surface area contributed by atoms with E-state index in [0.717, 1.165) is 0 Å². The molecule has 4 rings (SSSR count). The predicted octanol–water partition coefficient (Wildman–Crippen LogP) is 1.64. The number of fused-ring (bicyclic) bond motifs is 1. The molecule has 1 N–H and O–H groups in total. The maximum absolute atomic E-state index is 9.46. The van der Waals surface area contributed by atoms with Crippen LogP contribution in [-0.2, 0) is 0 Å². The van der Waals surface area contributed by atoms with Gasteiger partial charge in [-0.05, 0) is 20.8 Å². The van der Waals surface area contributed by atoms with Crippen LogP contribution in [0.2, 0.25) is 0 Å². The third kappa shape index (κ3) is 2.38. The Morgan fingerprint density at radius 3 is 2.54 bits per heavy atom. The highest BCUT2D eigenvalue weighted by atomic mass is 15.5. The molecular weight excluding hydrogens is 336 g/mol. The molecule has 0 aliphatic rings. The molecule has 0 aromatic carbocycles. The van der Waals surface area contributed by atoms with E-state index >= 15 is 0 Å². The van der Waals surface area contributed by atoms with Crippen molar-refractivity contribution >= 4 is 17.2 Å². The van der Waals surface area contributed by atoms with Crippen molar-refractivity contribution in [3.8, 4) is 12.0 Å². The number of aromatic nitrogens is 9. The number of nitrogens with zero attached hydrogens (tertiary/aromatic N) is 11. The molecule has 0 atom stereocenters. The lowest BCUT2D eigenvalue weighted by Gasteiger charge is -1.99. The molecular formula is C14H12N12. The van der Waals surface area contributed by atoms with Gasteiger partial charge in [-0.25, -0.2) is 4.98 Å². The number of hydrogen-bond acceptors (Lipinski definition) is 9. The zero-order valence-corrected chi connectivity index (χ0v) is 14.1. The summed E-state index contributed by atoms with van der Waals surface area (Å²) in [5, 5.41) is 30.7. The minimum Gasteiger partial charge on any atom is -0.324 e. The number of hydrogen-bond donors (Lipinski definition) is 1. The average molecular weight is 348 g/mol. The van der Waals surface area contributed by atoms with Crippen LogP contribution in [0, 0.1) is 32.1 Å². The van der Waals surface area contributed by atoms with Gasteiger partial charge in [-0.15, -0.1) is 20.0 Å². The fraction of sp³-hybridized carbons (Fsp3) is 0.214. The largest absolute Gasteiger partial charge is 0.324 e. The van der Waals surface area contributed by atoms with E-state index in [1.165, 1.54) is 22.0 Å². The quantitative estimate of drug-likeness (QED) is 0.552. The van der Waals surface area contributed by atoms with Crippen LogP contribution < -0.4 is 0 Å². The van der Waals surface area contributed by atoms with Gasteiger partial charge in [0.2, 0.25) is 0 Å². The van der Waals surface area contributed by atoms with E-state index in [-0.39, 0.29) is 17.3 Å². The number of aryl methyl sites for hydroxylation is 3. The smallest absolute Gasteiger partial charge is 0.255 e. The predicted molar refractivity (Wildman–Crippen MR) is 87.4 cm³/mol. The van der Waals surface area contributed by atoms with E-state index in [9.17, 15) is 5.26 Å². The molecule has 4 aromatic rings. The van der Waals surface area contributed by atoms with Crippen molar-refractivity contribution in [2.75, 3.05) is 0 Å². The molecule has 0 saturated carbocycles. The van der Waals surface area contributed by atoms with Crippen molar-refractivity contribution in [2.45, 2.75) is 20.8 Å². The van der Waals surface area contributed by atoms with Crippen LogP contribution in [0.25, 0.3) is 11.6 Å². The number of azo groups is 1. The van der Waals surface area contributed by atoms with Gasteiger partial charge in [0.05, 0.1) is 11.4 Å². The average Bonchev–Trinajstić information content (AvgIpc) is 3.23. The van der Waals surface area contributed by atoms with Gasteiger partial charge in [0.25, 0.3) is 5.95 Å². The van der Waals surface area contributed by atoms with Gasteiger partial charge >= 0.3 is 0 Å². The summed E-state index contributed by atoms with van der Waals surface area (Å²) in [5.74, 6) is 1.17. The SMILES string of the molecule is Cc1nn2nc(C)c(/N=N/c3c(C#N)c(C)nn3-c3ncncn3)c2[nH]1. The minimum absolute atomic E-state index is 0.228. The van der Waals surface area contributed by atoms with Crippen LogP contribution in [0.5, 0.6) is 0 Å². The second-order valence-electron chi connectivity index (χ2n) is 5.43. The standard InChI is InChI=1S/C14H12N12/c1-7-10(4-15)12(25(22-7)14-17-5-16-6-18-14)21-20-11-8(2)23-26-13(11)19-9(3)24-26/h5-6H,1-3H3,(H,19,24)/b21-20+. The lowest BCUT2D eigenvalue weighted by molar-refractivity contribution is 0.781. The van der Waals surface area contributed by atoms with Gasteiger partial charge < -0.3 is 4.98 Å². The minimum atomic E-state index is 0.228. The first kappa shape index (κ1) is 15.5. The highest BCUT2D eigenvalue weighted by Gasteiger charge is 2.19. The molecule has 0 bridgehead atoms. The summed E-state index contributed by atoms with van der Waals surface area (Å²) in [6, 6.07) is 2.09. The van der Waals surface area contributed by atoms with Gasteiger partial charge in [-0.1, -0.05) is 0 Å². The Labute approximate surface area is 146 Å². The summed E-state index contributed by atoms with van der Waals surface area (Å²) in [5.41, 5.74) is 2.57. The Hall–Kier alpha value is -4.01. The van der Waals surface area contributed by atoms with Crippen molar-refractivity contribution in [1.29, 1.82) is 5.26 Å². The summed E-state index contributed by atoms with van der Waals surface area (Å²) in [7, 11) is 0. The molecule has 0 fully saturated rings. The summed E-state index contributed by atoms with van der Waals surface area (Å²) < 4.78 is 2.81. The van der Waals surface area contributed by atoms with Crippen LogP contribution in [0.15, 0.2) is 22.9 Å². The second-order valence-corrected chi connectivity index (χ2v) is 5.43. The molecule has 0 radical (unpaired) electrons. The maximum atomic E-state index is 9.46. The molecule has 4 aromatic heterocycles. The highest BCUT2D eigenvalue weighted by Crippen LogP contribution is 2.29. The third-order valence-electron chi connectivity index (χ3n) is 3.62. The zero-order chi connectivity index (χ0) is 18.3. The van der Waals surface area contributed by atoms with Crippen LogP contribution in [0.3, 0.4) is 0 Å². The Morgan fingerprint density at radius 1 is 1.04 bits per heavy atom. The Balaban J connectivity index is 1.86. The van der Waals surface area contributed by atoms with Gasteiger partial charge in [-0.3, -0.25) is 0 Å². The van der Waals surface area contributed by atoms with Crippen LogP contribution in [0.4, 0.5) is 11.5 Å². The highest BCUT2D eigenvalue weighted by molar-refractivity contribution is 5.66. The number of aromatic amines is 1. The lowest BCUT2D eigenvalue weighted by atomic mass is 10.3. The first-order valence-corrected chi connectivity index (χ1v) is 7.54. The topological polar surface area (TPSA) is 151 Å². The molecule has 4 heterocycles. The van der Waals surface area contributed by atoms with E-state index in [2.05, 4.69) is 51.5 Å². The lowest BCUT2D eigenvalue weighted by Crippen LogP contribution is -2.02. The van der Waals surface area contributed by atoms with Crippen molar-refractivity contribution in [3.05, 3.63) is 35.4 Å². The van der Waals surface area contributed by atoms with Crippen molar-refractivity contribution in [3.63, 3.8) is 0 Å². The fourth-order valence-electron chi connectivity index (χ4n) is 2.46. The maximum Gasteiger partial charge on any atom is 0.255 e. The monoisotopic (exact) mass is 348 g/mol. The molecule has 0 aliphatic heterocycles. The summed E-state index contributed by atoms with van der Waals surface area (Å²) >= 11 is 0. The molecule has 0 spiro atoms. The van der Waals surface area contributed by atoms with Gasteiger partial charge in [0.15, 0.2) is 17.2 Å².